The summed E-state index contributed by atoms with van der Waals surface area (Å²) in [7, 11) is 5.00. The van der Waals surface area contributed by atoms with Crippen LogP contribution in [0.15, 0.2) is 16.6 Å². The lowest BCUT2D eigenvalue weighted by molar-refractivity contribution is 0.0826. The standard InChI is InChI=1S/C14H22BrNO3/c1-6-16-13(9(2)17-3)10-7-8-11(18-4)12(15)14(10)19-5/h7-9,13,16H,6H2,1-5H3. The Balaban J connectivity index is 3.26. The van der Waals surface area contributed by atoms with E-state index in [1.807, 2.05) is 19.1 Å². The highest BCUT2D eigenvalue weighted by atomic mass is 79.9. The van der Waals surface area contributed by atoms with Gasteiger partial charge < -0.3 is 19.5 Å². The molecule has 2 unspecified atom stereocenters. The first-order valence-corrected chi connectivity index (χ1v) is 7.06. The van der Waals surface area contributed by atoms with Crippen LogP contribution in [0.5, 0.6) is 11.5 Å². The Morgan fingerprint density at radius 1 is 1.21 bits per heavy atom. The van der Waals surface area contributed by atoms with Gasteiger partial charge in [-0.25, -0.2) is 0 Å². The molecule has 0 aliphatic carbocycles. The SMILES string of the molecule is CCNC(c1ccc(OC)c(Br)c1OC)C(C)OC. The summed E-state index contributed by atoms with van der Waals surface area (Å²) < 4.78 is 17.1. The first-order valence-electron chi connectivity index (χ1n) is 6.27. The van der Waals surface area contributed by atoms with E-state index in [2.05, 4.69) is 28.2 Å². The molecule has 0 amide bonds. The maximum atomic E-state index is 5.52. The minimum Gasteiger partial charge on any atom is -0.495 e. The minimum atomic E-state index is 0.0362. The molecular weight excluding hydrogens is 310 g/mol. The molecule has 5 heteroatoms. The maximum absolute atomic E-state index is 5.52. The fourth-order valence-electron chi connectivity index (χ4n) is 2.05. The second kappa shape index (κ2) is 7.72. The molecule has 0 spiro atoms. The Morgan fingerprint density at radius 2 is 1.89 bits per heavy atom. The summed E-state index contributed by atoms with van der Waals surface area (Å²) in [5.41, 5.74) is 1.05. The lowest BCUT2D eigenvalue weighted by Crippen LogP contribution is -2.31. The smallest absolute Gasteiger partial charge is 0.141 e. The highest BCUT2D eigenvalue weighted by Gasteiger charge is 2.24. The zero-order chi connectivity index (χ0) is 14.4. The molecule has 108 valence electrons. The number of methoxy groups -OCH3 is 3. The van der Waals surface area contributed by atoms with Crippen LogP contribution in [0.1, 0.15) is 25.5 Å². The molecule has 1 N–H and O–H groups in total. The van der Waals surface area contributed by atoms with E-state index >= 15 is 0 Å². The summed E-state index contributed by atoms with van der Waals surface area (Å²) in [6.07, 6.45) is 0.0362. The molecule has 0 aromatic heterocycles. The van der Waals surface area contributed by atoms with Crippen molar-refractivity contribution in [2.45, 2.75) is 26.0 Å². The van der Waals surface area contributed by atoms with Crippen LogP contribution < -0.4 is 14.8 Å². The first kappa shape index (κ1) is 16.3. The van der Waals surface area contributed by atoms with E-state index in [1.54, 1.807) is 21.3 Å². The van der Waals surface area contributed by atoms with Crippen LogP contribution in [-0.2, 0) is 4.74 Å². The van der Waals surface area contributed by atoms with Gasteiger partial charge in [0.25, 0.3) is 0 Å². The Morgan fingerprint density at radius 3 is 2.37 bits per heavy atom. The van der Waals surface area contributed by atoms with Crippen LogP contribution in [0.25, 0.3) is 0 Å². The van der Waals surface area contributed by atoms with Gasteiger partial charge in [0.15, 0.2) is 0 Å². The minimum absolute atomic E-state index is 0.0362. The van der Waals surface area contributed by atoms with Crippen LogP contribution in [-0.4, -0.2) is 34.0 Å². The molecular formula is C14H22BrNO3. The van der Waals surface area contributed by atoms with Gasteiger partial charge in [0.1, 0.15) is 16.0 Å². The molecule has 0 radical (unpaired) electrons. The topological polar surface area (TPSA) is 39.7 Å². The van der Waals surface area contributed by atoms with E-state index in [-0.39, 0.29) is 12.1 Å². The van der Waals surface area contributed by atoms with Gasteiger partial charge in [-0.3, -0.25) is 0 Å². The van der Waals surface area contributed by atoms with Gasteiger partial charge in [0.2, 0.25) is 0 Å². The van der Waals surface area contributed by atoms with Crippen molar-refractivity contribution in [3.8, 4) is 11.5 Å². The second-order valence-corrected chi connectivity index (χ2v) is 4.97. The summed E-state index contributed by atoms with van der Waals surface area (Å²) in [4.78, 5) is 0. The molecule has 0 heterocycles. The predicted octanol–water partition coefficient (Wildman–Crippen LogP) is 3.15. The van der Waals surface area contributed by atoms with Gasteiger partial charge in [-0.15, -0.1) is 0 Å². The second-order valence-electron chi connectivity index (χ2n) is 4.18. The number of ether oxygens (including phenoxy) is 3. The van der Waals surface area contributed by atoms with E-state index in [4.69, 9.17) is 14.2 Å². The third-order valence-corrected chi connectivity index (χ3v) is 3.87. The fraction of sp³-hybridized carbons (Fsp3) is 0.571. The molecule has 0 saturated heterocycles. The van der Waals surface area contributed by atoms with Crippen LogP contribution in [0.4, 0.5) is 0 Å². The summed E-state index contributed by atoms with van der Waals surface area (Å²) >= 11 is 3.52. The van der Waals surface area contributed by atoms with Crippen LogP contribution in [0.2, 0.25) is 0 Å². The number of halogens is 1. The van der Waals surface area contributed by atoms with Crippen molar-refractivity contribution in [3.63, 3.8) is 0 Å². The zero-order valence-electron chi connectivity index (χ0n) is 12.1. The largest absolute Gasteiger partial charge is 0.495 e. The molecule has 2 atom stereocenters. The third-order valence-electron chi connectivity index (χ3n) is 3.12. The molecule has 0 saturated carbocycles. The van der Waals surface area contributed by atoms with Crippen molar-refractivity contribution in [3.05, 3.63) is 22.2 Å². The lowest BCUT2D eigenvalue weighted by atomic mass is 10.0. The number of nitrogens with one attached hydrogen (secondary N) is 1. The fourth-order valence-corrected chi connectivity index (χ4v) is 2.73. The van der Waals surface area contributed by atoms with Gasteiger partial charge in [0, 0.05) is 12.7 Å². The van der Waals surface area contributed by atoms with Crippen LogP contribution >= 0.6 is 15.9 Å². The van der Waals surface area contributed by atoms with Crippen molar-refractivity contribution < 1.29 is 14.2 Å². The van der Waals surface area contributed by atoms with E-state index in [0.29, 0.717) is 0 Å². The van der Waals surface area contributed by atoms with Gasteiger partial charge in [-0.2, -0.15) is 0 Å². The molecule has 4 nitrogen and oxygen atoms in total. The van der Waals surface area contributed by atoms with E-state index in [9.17, 15) is 0 Å². The summed E-state index contributed by atoms with van der Waals surface area (Å²) in [5.74, 6) is 1.52. The van der Waals surface area contributed by atoms with Crippen molar-refractivity contribution in [2.75, 3.05) is 27.9 Å². The normalized spacial score (nSPS) is 14.0. The summed E-state index contributed by atoms with van der Waals surface area (Å²) in [6, 6.07) is 3.99. The highest BCUT2D eigenvalue weighted by molar-refractivity contribution is 9.10. The van der Waals surface area contributed by atoms with Crippen molar-refractivity contribution in [1.29, 1.82) is 0 Å². The van der Waals surface area contributed by atoms with E-state index in [0.717, 1.165) is 28.1 Å². The summed E-state index contributed by atoms with van der Waals surface area (Å²) in [5, 5.41) is 3.42. The molecule has 0 bridgehead atoms. The third kappa shape index (κ3) is 3.61. The van der Waals surface area contributed by atoms with Crippen molar-refractivity contribution in [1.82, 2.24) is 5.32 Å². The molecule has 0 aliphatic heterocycles. The Labute approximate surface area is 123 Å². The molecule has 1 aromatic carbocycles. The van der Waals surface area contributed by atoms with Crippen molar-refractivity contribution >= 4 is 15.9 Å². The average Bonchev–Trinajstić information content (AvgIpc) is 2.43. The van der Waals surface area contributed by atoms with Gasteiger partial charge >= 0.3 is 0 Å². The molecule has 0 aliphatic rings. The van der Waals surface area contributed by atoms with Gasteiger partial charge in [0.05, 0.1) is 26.4 Å². The Hall–Kier alpha value is -0.780. The van der Waals surface area contributed by atoms with E-state index < -0.39 is 0 Å². The number of hydrogen-bond donors (Lipinski definition) is 1. The molecule has 19 heavy (non-hydrogen) atoms. The number of hydrogen-bond acceptors (Lipinski definition) is 4. The van der Waals surface area contributed by atoms with Gasteiger partial charge in [-0.05, 0) is 41.5 Å². The number of benzene rings is 1. The Bertz CT molecular complexity index is 412. The quantitative estimate of drug-likeness (QED) is 0.833. The highest BCUT2D eigenvalue weighted by Crippen LogP contribution is 2.40. The number of rotatable bonds is 7. The lowest BCUT2D eigenvalue weighted by Gasteiger charge is -2.26. The predicted molar refractivity (Wildman–Crippen MR) is 80.1 cm³/mol. The molecule has 0 fully saturated rings. The molecule has 1 rings (SSSR count). The Kier molecular flexibility index (Phi) is 6.62. The average molecular weight is 332 g/mol. The maximum Gasteiger partial charge on any atom is 0.141 e. The summed E-state index contributed by atoms with van der Waals surface area (Å²) in [6.45, 7) is 4.95. The van der Waals surface area contributed by atoms with Crippen LogP contribution in [0.3, 0.4) is 0 Å². The van der Waals surface area contributed by atoms with Crippen LogP contribution in [0, 0.1) is 0 Å². The van der Waals surface area contributed by atoms with Gasteiger partial charge in [-0.1, -0.05) is 6.92 Å². The van der Waals surface area contributed by atoms with Crippen molar-refractivity contribution in [2.24, 2.45) is 0 Å². The monoisotopic (exact) mass is 331 g/mol. The van der Waals surface area contributed by atoms with E-state index in [1.165, 1.54) is 0 Å². The molecule has 1 aromatic rings. The first-order chi connectivity index (χ1) is 9.10. The number of likely N-dealkylation sites (N-methyl/N-ethyl adjacent to an activating group) is 1. The zero-order valence-corrected chi connectivity index (χ0v) is 13.7.